The summed E-state index contributed by atoms with van der Waals surface area (Å²) >= 11 is 0. The van der Waals surface area contributed by atoms with Crippen LogP contribution >= 0.6 is 0 Å². The maximum atomic E-state index is 11.5. The quantitative estimate of drug-likeness (QED) is 0.0608. The molecule has 0 rings (SSSR count). The number of aliphatic carboxylic acids is 3. The summed E-state index contributed by atoms with van der Waals surface area (Å²) < 4.78 is 0.538. The van der Waals surface area contributed by atoms with Gasteiger partial charge in [0.2, 0.25) is 0 Å². The summed E-state index contributed by atoms with van der Waals surface area (Å²) in [5.74, 6) is -4.39. The Morgan fingerprint density at radius 2 is 0.975 bits per heavy atom. The van der Waals surface area contributed by atoms with Gasteiger partial charge in [0.1, 0.15) is 0 Å². The number of carboxylic acid groups (broad SMARTS) is 3. The lowest BCUT2D eigenvalue weighted by atomic mass is 10.0. The topological polar surface area (TPSA) is 115 Å². The van der Waals surface area contributed by atoms with Crippen molar-refractivity contribution in [3.05, 3.63) is 12.2 Å². The average molecular weight is 568 g/mol. The summed E-state index contributed by atoms with van der Waals surface area (Å²) in [4.78, 5) is 34.3. The van der Waals surface area contributed by atoms with Gasteiger partial charge in [0.25, 0.3) is 0 Å². The zero-order valence-electron chi connectivity index (χ0n) is 26.2. The Morgan fingerprint density at radius 3 is 1.38 bits per heavy atom. The Bertz CT molecular complexity index is 647. The minimum atomic E-state index is -1.08. The maximum Gasteiger partial charge on any atom is 0.306 e. The molecule has 3 unspecified atom stereocenters. The molecule has 0 saturated heterocycles. The van der Waals surface area contributed by atoms with E-state index in [1.165, 1.54) is 77.0 Å². The number of carbonyl (C=O) groups is 3. The molecular weight excluding hydrogens is 506 g/mol. The minimum absolute atomic E-state index is 0.424. The lowest BCUT2D eigenvalue weighted by Crippen LogP contribution is -2.52. The first-order valence-corrected chi connectivity index (χ1v) is 16.2. The van der Waals surface area contributed by atoms with Gasteiger partial charge < -0.3 is 24.6 Å². The second kappa shape index (κ2) is 23.8. The minimum Gasteiger partial charge on any atom is -0.550 e. The normalized spacial score (nSPS) is 15.5. The summed E-state index contributed by atoms with van der Waals surface area (Å²) in [7, 11) is 0. The van der Waals surface area contributed by atoms with E-state index in [4.69, 9.17) is 0 Å². The molecule has 0 aromatic carbocycles. The molecule has 3 atom stereocenters. The molecule has 0 heterocycles. The van der Waals surface area contributed by atoms with Crippen LogP contribution in [0.5, 0.6) is 0 Å². The van der Waals surface area contributed by atoms with Crippen molar-refractivity contribution in [3.63, 3.8) is 0 Å². The van der Waals surface area contributed by atoms with Crippen molar-refractivity contribution in [2.24, 2.45) is 17.8 Å². The highest BCUT2D eigenvalue weighted by Crippen LogP contribution is 2.21. The molecule has 0 fully saturated rings. The lowest BCUT2D eigenvalue weighted by molar-refractivity contribution is -0.929. The predicted octanol–water partition coefficient (Wildman–Crippen LogP) is 6.84. The van der Waals surface area contributed by atoms with Crippen LogP contribution in [0.1, 0.15) is 137 Å². The molecule has 40 heavy (non-hydrogen) atoms. The van der Waals surface area contributed by atoms with E-state index in [1.807, 2.05) is 0 Å². The third-order valence-corrected chi connectivity index (χ3v) is 8.52. The monoisotopic (exact) mass is 567 g/mol. The number of unbranched alkanes of at least 4 members (excludes halogenated alkanes) is 12. The van der Waals surface area contributed by atoms with Crippen molar-refractivity contribution in [1.29, 1.82) is 0 Å². The number of allylic oxidation sites excluding steroid dienone is 1. The first kappa shape index (κ1) is 38.1. The van der Waals surface area contributed by atoms with Crippen molar-refractivity contribution < 1.29 is 34.2 Å². The van der Waals surface area contributed by atoms with E-state index >= 15 is 0 Å². The maximum absolute atomic E-state index is 11.5. The first-order chi connectivity index (χ1) is 19.0. The summed E-state index contributed by atoms with van der Waals surface area (Å²) in [6.07, 6.45) is 23.6. The molecule has 0 aromatic heterocycles. The van der Waals surface area contributed by atoms with Crippen LogP contribution < -0.4 is 5.11 Å². The highest BCUT2D eigenvalue weighted by atomic mass is 16.4. The van der Waals surface area contributed by atoms with E-state index in [0.717, 1.165) is 19.4 Å². The van der Waals surface area contributed by atoms with E-state index in [0.29, 0.717) is 43.4 Å². The molecule has 0 aliphatic carbocycles. The molecule has 0 radical (unpaired) electrons. The van der Waals surface area contributed by atoms with Gasteiger partial charge in [0, 0.05) is 37.6 Å². The van der Waals surface area contributed by atoms with Gasteiger partial charge in [-0.25, -0.2) is 0 Å². The van der Waals surface area contributed by atoms with Crippen molar-refractivity contribution in [2.45, 2.75) is 137 Å². The zero-order chi connectivity index (χ0) is 30.2. The van der Waals surface area contributed by atoms with Gasteiger partial charge >= 0.3 is 11.9 Å². The van der Waals surface area contributed by atoms with Gasteiger partial charge in [-0.05, 0) is 12.8 Å². The van der Waals surface area contributed by atoms with E-state index in [9.17, 15) is 29.7 Å². The van der Waals surface area contributed by atoms with Crippen molar-refractivity contribution in [3.8, 4) is 0 Å². The standard InChI is InChI=1S/C33H61NO6/c1-5-6-7-8-9-10-11-12-13-14-15-16-17-18-19-20-24-34(25-21-28(2)31(35)36,26-22-29(3)32(37)38)27-23-30(4)33(39)40/h18-19,28-30H,5-17,20-27H2,1-4H3,(H2-,35,36,37,38,39,40)/b19-18+. The SMILES string of the molecule is CCCCCCCCCCCCCC/C=C/CC[N+](CCC(C)C(=O)[O-])(CCC(C)C(=O)O)CCC(C)C(=O)O. The van der Waals surface area contributed by atoms with Crippen LogP contribution in [0.3, 0.4) is 0 Å². The van der Waals surface area contributed by atoms with Gasteiger partial charge in [-0.1, -0.05) is 110 Å². The van der Waals surface area contributed by atoms with Gasteiger partial charge in [-0.2, -0.15) is 0 Å². The van der Waals surface area contributed by atoms with Gasteiger partial charge in [-0.15, -0.1) is 0 Å². The number of rotatable bonds is 28. The Hall–Kier alpha value is -1.89. The van der Waals surface area contributed by atoms with Gasteiger partial charge in [0.15, 0.2) is 0 Å². The fourth-order valence-corrected chi connectivity index (χ4v) is 5.13. The van der Waals surface area contributed by atoms with Crippen LogP contribution in [0.4, 0.5) is 0 Å². The highest BCUT2D eigenvalue weighted by molar-refractivity contribution is 5.69. The number of quaternary nitrogens is 1. The molecular formula is C33H61NO6. The van der Waals surface area contributed by atoms with Crippen LogP contribution in [0.25, 0.3) is 0 Å². The number of carbonyl (C=O) groups excluding carboxylic acids is 1. The zero-order valence-corrected chi connectivity index (χ0v) is 26.2. The molecule has 7 nitrogen and oxygen atoms in total. The van der Waals surface area contributed by atoms with E-state index in [-0.39, 0.29) is 0 Å². The Balaban J connectivity index is 4.72. The Labute approximate surface area is 245 Å². The van der Waals surface area contributed by atoms with Crippen LogP contribution in [0.15, 0.2) is 12.2 Å². The van der Waals surface area contributed by atoms with Crippen LogP contribution in [-0.4, -0.2) is 58.8 Å². The molecule has 0 saturated carbocycles. The molecule has 2 N–H and O–H groups in total. The summed E-state index contributed by atoms with van der Waals surface area (Å²) in [5.41, 5.74) is 0. The van der Waals surface area contributed by atoms with Gasteiger partial charge in [0.05, 0.1) is 38.0 Å². The van der Waals surface area contributed by atoms with Crippen LogP contribution in [0.2, 0.25) is 0 Å². The molecule has 0 aromatic rings. The smallest absolute Gasteiger partial charge is 0.306 e. The largest absolute Gasteiger partial charge is 0.550 e. The molecule has 234 valence electrons. The highest BCUT2D eigenvalue weighted by Gasteiger charge is 2.30. The third kappa shape index (κ3) is 20.1. The summed E-state index contributed by atoms with van der Waals surface area (Å²) in [6.45, 7) is 9.77. The second-order valence-electron chi connectivity index (χ2n) is 12.2. The molecule has 0 amide bonds. The molecule has 0 bridgehead atoms. The third-order valence-electron chi connectivity index (χ3n) is 8.52. The summed E-state index contributed by atoms with van der Waals surface area (Å²) in [5, 5.41) is 30.2. The Morgan fingerprint density at radius 1 is 0.600 bits per heavy atom. The van der Waals surface area contributed by atoms with Crippen molar-refractivity contribution >= 4 is 17.9 Å². The molecule has 0 aliphatic rings. The molecule has 0 spiro atoms. The van der Waals surface area contributed by atoms with Gasteiger partial charge in [-0.3, -0.25) is 9.59 Å². The predicted molar refractivity (Wildman–Crippen MR) is 161 cm³/mol. The number of hydrogen-bond acceptors (Lipinski definition) is 4. The average Bonchev–Trinajstić information content (AvgIpc) is 2.92. The summed E-state index contributed by atoms with van der Waals surface area (Å²) in [6, 6.07) is 0. The Kier molecular flexibility index (Phi) is 22.7. The van der Waals surface area contributed by atoms with Crippen LogP contribution in [0, 0.1) is 17.8 Å². The van der Waals surface area contributed by atoms with E-state index in [1.54, 1.807) is 20.8 Å². The van der Waals surface area contributed by atoms with E-state index < -0.39 is 35.7 Å². The number of nitrogens with zero attached hydrogens (tertiary/aromatic N) is 1. The first-order valence-electron chi connectivity index (χ1n) is 16.2. The molecule has 0 aliphatic heterocycles. The lowest BCUT2D eigenvalue weighted by Gasteiger charge is -2.40. The fraction of sp³-hybridized carbons (Fsp3) is 0.848. The van der Waals surface area contributed by atoms with Crippen molar-refractivity contribution in [2.75, 3.05) is 26.2 Å². The van der Waals surface area contributed by atoms with E-state index in [2.05, 4.69) is 19.1 Å². The number of hydrogen-bond donors (Lipinski definition) is 2. The van der Waals surface area contributed by atoms with Crippen molar-refractivity contribution in [1.82, 2.24) is 0 Å². The second-order valence-corrected chi connectivity index (χ2v) is 12.2. The molecule has 7 heteroatoms. The number of carboxylic acids is 3. The fourth-order valence-electron chi connectivity index (χ4n) is 5.13. The van der Waals surface area contributed by atoms with Crippen LogP contribution in [-0.2, 0) is 14.4 Å².